The molecule has 2 heterocycles. The first kappa shape index (κ1) is 14.6. The lowest BCUT2D eigenvalue weighted by Gasteiger charge is -2.27. The Balaban J connectivity index is 1.93. The van der Waals surface area contributed by atoms with E-state index in [1.807, 2.05) is 0 Å². The molecule has 3 rings (SSSR count). The molecule has 0 fully saturated rings. The number of carboxylic acids is 1. The van der Waals surface area contributed by atoms with Gasteiger partial charge in [0, 0.05) is 25.6 Å². The van der Waals surface area contributed by atoms with Gasteiger partial charge in [-0.15, -0.1) is 0 Å². The molecule has 0 spiro atoms. The number of halogens is 1. The van der Waals surface area contributed by atoms with Crippen molar-refractivity contribution in [1.29, 1.82) is 0 Å². The van der Waals surface area contributed by atoms with Crippen LogP contribution in [0.15, 0.2) is 24.3 Å². The topological polar surface area (TPSA) is 75.4 Å². The van der Waals surface area contributed by atoms with Crippen LogP contribution in [-0.4, -0.2) is 38.2 Å². The van der Waals surface area contributed by atoms with Gasteiger partial charge in [-0.3, -0.25) is 9.48 Å². The molecule has 0 atom stereocenters. The Morgan fingerprint density at radius 1 is 1.32 bits per heavy atom. The van der Waals surface area contributed by atoms with Crippen molar-refractivity contribution in [3.8, 4) is 0 Å². The number of carboxylic acid groups (broad SMARTS) is 1. The van der Waals surface area contributed by atoms with Crippen LogP contribution in [0.4, 0.5) is 0 Å². The van der Waals surface area contributed by atoms with E-state index in [4.69, 9.17) is 11.6 Å². The summed E-state index contributed by atoms with van der Waals surface area (Å²) in [6, 6.07) is 6.84. The van der Waals surface area contributed by atoms with E-state index in [-0.39, 0.29) is 18.1 Å². The molecule has 0 bridgehead atoms. The van der Waals surface area contributed by atoms with Gasteiger partial charge in [-0.25, -0.2) is 4.79 Å². The molecule has 0 unspecified atom stereocenters. The van der Waals surface area contributed by atoms with Crippen LogP contribution in [0.2, 0.25) is 5.02 Å². The molecule has 1 aromatic heterocycles. The van der Waals surface area contributed by atoms with Gasteiger partial charge in [0.15, 0.2) is 5.69 Å². The molecule has 0 radical (unpaired) electrons. The molecule has 0 saturated carbocycles. The van der Waals surface area contributed by atoms with Crippen LogP contribution in [0.25, 0.3) is 0 Å². The highest BCUT2D eigenvalue weighted by Gasteiger charge is 2.30. The first-order chi connectivity index (χ1) is 10.5. The number of nitrogens with zero attached hydrogens (tertiary/aromatic N) is 3. The van der Waals surface area contributed by atoms with Crippen LogP contribution in [0.3, 0.4) is 0 Å². The summed E-state index contributed by atoms with van der Waals surface area (Å²) in [5.41, 5.74) is 1.89. The van der Waals surface area contributed by atoms with Crippen LogP contribution in [0.5, 0.6) is 0 Å². The van der Waals surface area contributed by atoms with E-state index in [9.17, 15) is 14.7 Å². The Hall–Kier alpha value is -2.34. The van der Waals surface area contributed by atoms with Crippen LogP contribution < -0.4 is 0 Å². The summed E-state index contributed by atoms with van der Waals surface area (Å²) in [6.07, 6.45) is 0.534. The van der Waals surface area contributed by atoms with Crippen molar-refractivity contribution in [2.24, 2.45) is 7.05 Å². The van der Waals surface area contributed by atoms with E-state index >= 15 is 0 Å². The number of aromatic nitrogens is 2. The third kappa shape index (κ3) is 2.35. The quantitative estimate of drug-likeness (QED) is 0.918. The average molecular weight is 320 g/mol. The van der Waals surface area contributed by atoms with E-state index in [0.717, 1.165) is 5.69 Å². The number of amides is 1. The number of aromatic carboxylic acids is 1. The van der Waals surface area contributed by atoms with Gasteiger partial charge in [0.1, 0.15) is 0 Å². The molecule has 114 valence electrons. The predicted octanol–water partition coefficient (Wildman–Crippen LogP) is 1.97. The molecule has 1 aliphatic rings. The summed E-state index contributed by atoms with van der Waals surface area (Å²) < 4.78 is 1.36. The molecule has 0 aliphatic carbocycles. The van der Waals surface area contributed by atoms with Crippen molar-refractivity contribution >= 4 is 23.5 Å². The summed E-state index contributed by atoms with van der Waals surface area (Å²) >= 11 is 6.07. The largest absolute Gasteiger partial charge is 0.477 e. The molecule has 6 nitrogen and oxygen atoms in total. The van der Waals surface area contributed by atoms with Crippen LogP contribution >= 0.6 is 11.6 Å². The molecule has 1 aromatic carbocycles. The molecular weight excluding hydrogens is 306 g/mol. The van der Waals surface area contributed by atoms with E-state index in [2.05, 4.69) is 5.10 Å². The lowest BCUT2D eigenvalue weighted by molar-refractivity contribution is 0.0669. The van der Waals surface area contributed by atoms with E-state index < -0.39 is 5.97 Å². The fourth-order valence-electron chi connectivity index (χ4n) is 2.75. The monoisotopic (exact) mass is 319 g/mol. The number of carbonyl (C=O) groups is 2. The highest BCUT2D eigenvalue weighted by Crippen LogP contribution is 2.25. The number of rotatable bonds is 2. The number of hydrogen-bond donors (Lipinski definition) is 1. The minimum absolute atomic E-state index is 0.131. The predicted molar refractivity (Wildman–Crippen MR) is 80.1 cm³/mol. The van der Waals surface area contributed by atoms with Gasteiger partial charge in [-0.1, -0.05) is 23.7 Å². The van der Waals surface area contributed by atoms with Gasteiger partial charge >= 0.3 is 5.97 Å². The fourth-order valence-corrected chi connectivity index (χ4v) is 2.96. The molecule has 1 N–H and O–H groups in total. The highest BCUT2D eigenvalue weighted by atomic mass is 35.5. The second-order valence-electron chi connectivity index (χ2n) is 5.16. The average Bonchev–Trinajstić information content (AvgIpc) is 2.82. The molecule has 1 amide bonds. The number of benzene rings is 1. The molecular formula is C15H14ClN3O3. The summed E-state index contributed by atoms with van der Waals surface area (Å²) in [5.74, 6) is -1.24. The SMILES string of the molecule is Cn1nc2c(c1C(=O)O)CN(C(=O)c1ccccc1Cl)CC2. The maximum Gasteiger partial charge on any atom is 0.354 e. The maximum atomic E-state index is 12.6. The Labute approximate surface area is 131 Å². The van der Waals surface area contributed by atoms with Crippen molar-refractivity contribution in [1.82, 2.24) is 14.7 Å². The Morgan fingerprint density at radius 3 is 2.73 bits per heavy atom. The summed E-state index contributed by atoms with van der Waals surface area (Å²) in [4.78, 5) is 25.6. The van der Waals surface area contributed by atoms with Crippen molar-refractivity contribution < 1.29 is 14.7 Å². The second-order valence-corrected chi connectivity index (χ2v) is 5.57. The number of carbonyl (C=O) groups excluding carboxylic acids is 1. The van der Waals surface area contributed by atoms with Gasteiger partial charge < -0.3 is 10.0 Å². The zero-order chi connectivity index (χ0) is 15.9. The Kier molecular flexibility index (Phi) is 3.62. The maximum absolute atomic E-state index is 12.6. The van der Waals surface area contributed by atoms with Gasteiger partial charge in [-0.05, 0) is 12.1 Å². The highest BCUT2D eigenvalue weighted by molar-refractivity contribution is 6.33. The minimum atomic E-state index is -1.04. The van der Waals surface area contributed by atoms with E-state index in [1.165, 1.54) is 4.68 Å². The summed E-state index contributed by atoms with van der Waals surface area (Å²) in [7, 11) is 1.60. The first-order valence-corrected chi connectivity index (χ1v) is 7.18. The smallest absolute Gasteiger partial charge is 0.354 e. The minimum Gasteiger partial charge on any atom is -0.477 e. The van der Waals surface area contributed by atoms with Gasteiger partial charge in [0.05, 0.1) is 22.8 Å². The Morgan fingerprint density at radius 2 is 2.05 bits per heavy atom. The van der Waals surface area contributed by atoms with Crippen molar-refractivity contribution in [3.63, 3.8) is 0 Å². The molecule has 22 heavy (non-hydrogen) atoms. The molecule has 0 saturated heterocycles. The van der Waals surface area contributed by atoms with Crippen LogP contribution in [0, 0.1) is 0 Å². The van der Waals surface area contributed by atoms with Gasteiger partial charge in [-0.2, -0.15) is 5.10 Å². The first-order valence-electron chi connectivity index (χ1n) is 6.81. The molecule has 1 aliphatic heterocycles. The number of aryl methyl sites for hydroxylation is 1. The van der Waals surface area contributed by atoms with Crippen molar-refractivity contribution in [2.45, 2.75) is 13.0 Å². The summed E-state index contributed by atoms with van der Waals surface area (Å²) in [5, 5.41) is 13.9. The lowest BCUT2D eigenvalue weighted by atomic mass is 10.0. The van der Waals surface area contributed by atoms with Crippen molar-refractivity contribution in [3.05, 3.63) is 51.8 Å². The molecule has 7 heteroatoms. The van der Waals surface area contributed by atoms with Gasteiger partial charge in [0.25, 0.3) is 5.91 Å². The zero-order valence-electron chi connectivity index (χ0n) is 11.9. The Bertz CT molecular complexity index is 769. The lowest BCUT2D eigenvalue weighted by Crippen LogP contribution is -2.36. The third-order valence-corrected chi connectivity index (χ3v) is 4.12. The number of hydrogen-bond acceptors (Lipinski definition) is 3. The van der Waals surface area contributed by atoms with E-state index in [1.54, 1.807) is 36.2 Å². The van der Waals surface area contributed by atoms with Crippen molar-refractivity contribution in [2.75, 3.05) is 6.54 Å². The van der Waals surface area contributed by atoms with Crippen LogP contribution in [0.1, 0.15) is 32.1 Å². The standard InChI is InChI=1S/C15H14ClN3O3/c1-18-13(15(21)22)10-8-19(7-6-12(10)17-18)14(20)9-4-2-3-5-11(9)16/h2-5H,6-8H2,1H3,(H,21,22). The number of fused-ring (bicyclic) bond motifs is 1. The van der Waals surface area contributed by atoms with Crippen LogP contribution in [-0.2, 0) is 20.0 Å². The molecule has 2 aromatic rings. The summed E-state index contributed by atoms with van der Waals surface area (Å²) in [6.45, 7) is 0.724. The zero-order valence-corrected chi connectivity index (χ0v) is 12.7. The third-order valence-electron chi connectivity index (χ3n) is 3.79. The van der Waals surface area contributed by atoms with E-state index in [0.29, 0.717) is 29.1 Å². The van der Waals surface area contributed by atoms with Gasteiger partial charge in [0.2, 0.25) is 0 Å². The fraction of sp³-hybridized carbons (Fsp3) is 0.267. The normalized spacial score (nSPS) is 13.8. The second kappa shape index (κ2) is 5.46.